The minimum absolute atomic E-state index is 0.554. The molecule has 0 radical (unpaired) electrons. The summed E-state index contributed by atoms with van der Waals surface area (Å²) in [6, 6.07) is 13.1. The van der Waals surface area contributed by atoms with Gasteiger partial charge in [0.2, 0.25) is 0 Å². The molecule has 0 amide bonds. The molecular weight excluding hydrogens is 309 g/mol. The number of hydrogen-bond donors (Lipinski definition) is 1. The zero-order valence-electron chi connectivity index (χ0n) is 10.9. The van der Waals surface area contributed by atoms with Gasteiger partial charge >= 0.3 is 0 Å². The number of para-hydroxylation sites is 2. The van der Waals surface area contributed by atoms with Crippen molar-refractivity contribution in [3.63, 3.8) is 0 Å². The molecule has 0 aliphatic rings. The number of nitrogens with one attached hydrogen (secondary N) is 1. The van der Waals surface area contributed by atoms with Crippen molar-refractivity contribution in [2.45, 2.75) is 6.54 Å². The molecule has 1 N–H and O–H groups in total. The van der Waals surface area contributed by atoms with Crippen molar-refractivity contribution in [3.8, 4) is 5.69 Å². The summed E-state index contributed by atoms with van der Waals surface area (Å²) in [6.07, 6.45) is 1.55. The maximum Gasteiger partial charge on any atom is 0.143 e. The highest BCUT2D eigenvalue weighted by atomic mass is 35.5. The Labute approximate surface area is 131 Å². The zero-order chi connectivity index (χ0) is 14.7. The first kappa shape index (κ1) is 13.9. The Hall–Kier alpha value is -2.11. The third-order valence-electron chi connectivity index (χ3n) is 2.98. The van der Waals surface area contributed by atoms with Gasteiger partial charge in [0.15, 0.2) is 0 Å². The topological polar surface area (TPSA) is 55.6 Å². The zero-order valence-corrected chi connectivity index (χ0v) is 12.4. The highest BCUT2D eigenvalue weighted by Gasteiger charge is 2.06. The summed E-state index contributed by atoms with van der Waals surface area (Å²) in [5, 5.41) is 15.9. The lowest BCUT2D eigenvalue weighted by Crippen LogP contribution is -2.05. The van der Waals surface area contributed by atoms with Gasteiger partial charge in [-0.2, -0.15) is 4.68 Å². The first-order chi connectivity index (χ1) is 10.2. The predicted octanol–water partition coefficient (Wildman–Crippen LogP) is 3.58. The molecule has 0 aliphatic heterocycles. The van der Waals surface area contributed by atoms with Crippen molar-refractivity contribution < 1.29 is 0 Å². The van der Waals surface area contributed by atoms with Crippen molar-refractivity contribution in [1.82, 2.24) is 20.2 Å². The van der Waals surface area contributed by atoms with Crippen LogP contribution in [-0.2, 0) is 6.54 Å². The van der Waals surface area contributed by atoms with Crippen LogP contribution < -0.4 is 5.32 Å². The number of benzene rings is 2. The molecule has 0 atom stereocenters. The third kappa shape index (κ3) is 3.15. The van der Waals surface area contributed by atoms with Crippen LogP contribution in [0.25, 0.3) is 5.69 Å². The summed E-state index contributed by atoms with van der Waals surface area (Å²) in [5.74, 6) is 0. The van der Waals surface area contributed by atoms with Crippen LogP contribution in [0, 0.1) is 0 Å². The van der Waals surface area contributed by atoms with E-state index in [-0.39, 0.29) is 0 Å². The van der Waals surface area contributed by atoms with Gasteiger partial charge in [0.1, 0.15) is 6.33 Å². The number of tetrazole rings is 1. The maximum atomic E-state index is 6.17. The minimum Gasteiger partial charge on any atom is -0.379 e. The van der Waals surface area contributed by atoms with Crippen molar-refractivity contribution in [3.05, 3.63) is 64.4 Å². The number of nitrogens with zero attached hydrogens (tertiary/aromatic N) is 4. The molecule has 1 heterocycles. The summed E-state index contributed by atoms with van der Waals surface area (Å²) in [5.41, 5.74) is 2.69. The lowest BCUT2D eigenvalue weighted by molar-refractivity contribution is 0.789. The van der Waals surface area contributed by atoms with E-state index in [1.165, 1.54) is 0 Å². The van der Waals surface area contributed by atoms with Crippen molar-refractivity contribution in [1.29, 1.82) is 0 Å². The van der Waals surface area contributed by atoms with Crippen LogP contribution >= 0.6 is 23.2 Å². The quantitative estimate of drug-likeness (QED) is 0.798. The van der Waals surface area contributed by atoms with E-state index >= 15 is 0 Å². The summed E-state index contributed by atoms with van der Waals surface area (Å²) >= 11 is 12.2. The van der Waals surface area contributed by atoms with Gasteiger partial charge in [0, 0.05) is 16.6 Å². The largest absolute Gasteiger partial charge is 0.379 e. The second kappa shape index (κ2) is 6.11. The van der Waals surface area contributed by atoms with E-state index in [1.807, 2.05) is 30.3 Å². The van der Waals surface area contributed by atoms with Crippen LogP contribution in [0.3, 0.4) is 0 Å². The second-order valence-electron chi connectivity index (χ2n) is 4.36. The number of rotatable bonds is 4. The summed E-state index contributed by atoms with van der Waals surface area (Å²) < 4.78 is 1.60. The van der Waals surface area contributed by atoms with Gasteiger partial charge in [0.05, 0.1) is 11.4 Å². The molecule has 0 aliphatic carbocycles. The maximum absolute atomic E-state index is 6.17. The van der Waals surface area contributed by atoms with Crippen LogP contribution in [0.5, 0.6) is 0 Å². The second-order valence-corrected chi connectivity index (χ2v) is 5.20. The Balaban J connectivity index is 1.84. The Morgan fingerprint density at radius 1 is 1.10 bits per heavy atom. The van der Waals surface area contributed by atoms with Gasteiger partial charge < -0.3 is 5.32 Å². The summed E-state index contributed by atoms with van der Waals surface area (Å²) in [7, 11) is 0. The molecule has 0 fully saturated rings. The molecule has 0 spiro atoms. The first-order valence-electron chi connectivity index (χ1n) is 6.24. The van der Waals surface area contributed by atoms with E-state index in [0.717, 1.165) is 16.9 Å². The first-order valence-corrected chi connectivity index (χ1v) is 7.00. The van der Waals surface area contributed by atoms with Gasteiger partial charge in [-0.05, 0) is 46.3 Å². The number of halogens is 2. The molecular formula is C14H11Cl2N5. The van der Waals surface area contributed by atoms with Crippen molar-refractivity contribution in [2.24, 2.45) is 0 Å². The number of aromatic nitrogens is 4. The van der Waals surface area contributed by atoms with Crippen LogP contribution in [0.15, 0.2) is 48.8 Å². The average molecular weight is 320 g/mol. The summed E-state index contributed by atoms with van der Waals surface area (Å²) in [6.45, 7) is 0.554. The lowest BCUT2D eigenvalue weighted by Gasteiger charge is -2.12. The fourth-order valence-corrected chi connectivity index (χ4v) is 2.34. The normalized spacial score (nSPS) is 10.6. The molecule has 5 nitrogen and oxygen atoms in total. The van der Waals surface area contributed by atoms with E-state index in [0.29, 0.717) is 16.6 Å². The average Bonchev–Trinajstić information content (AvgIpc) is 3.03. The van der Waals surface area contributed by atoms with E-state index in [2.05, 4.69) is 20.8 Å². The van der Waals surface area contributed by atoms with Gasteiger partial charge in [-0.25, -0.2) is 0 Å². The monoisotopic (exact) mass is 319 g/mol. The van der Waals surface area contributed by atoms with Crippen LogP contribution in [-0.4, -0.2) is 20.2 Å². The van der Waals surface area contributed by atoms with Gasteiger partial charge in [0.25, 0.3) is 0 Å². The smallest absolute Gasteiger partial charge is 0.143 e. The molecule has 21 heavy (non-hydrogen) atoms. The molecule has 0 saturated heterocycles. The van der Waals surface area contributed by atoms with Crippen molar-refractivity contribution in [2.75, 3.05) is 5.32 Å². The van der Waals surface area contributed by atoms with Crippen LogP contribution in [0.2, 0.25) is 10.0 Å². The minimum atomic E-state index is 0.554. The fourth-order valence-electron chi connectivity index (χ4n) is 1.96. The number of hydrogen-bond acceptors (Lipinski definition) is 4. The Kier molecular flexibility index (Phi) is 4.03. The highest BCUT2D eigenvalue weighted by Crippen LogP contribution is 2.23. The standard InChI is InChI=1S/C14H11Cl2N5/c15-11-5-6-12(16)10(7-11)8-17-13-3-1-2-4-14(13)21-9-18-19-20-21/h1-7,9,17H,8H2. The van der Waals surface area contributed by atoms with Gasteiger partial charge in [-0.3, -0.25) is 0 Å². The van der Waals surface area contributed by atoms with Crippen LogP contribution in [0.4, 0.5) is 5.69 Å². The predicted molar refractivity (Wildman–Crippen MR) is 82.9 cm³/mol. The SMILES string of the molecule is Clc1ccc(Cl)c(CNc2ccccc2-n2cnnn2)c1. The van der Waals surface area contributed by atoms with E-state index in [9.17, 15) is 0 Å². The van der Waals surface area contributed by atoms with E-state index in [4.69, 9.17) is 23.2 Å². The Morgan fingerprint density at radius 2 is 1.95 bits per heavy atom. The lowest BCUT2D eigenvalue weighted by atomic mass is 10.2. The molecule has 106 valence electrons. The Bertz CT molecular complexity index is 743. The molecule has 2 aromatic carbocycles. The third-order valence-corrected chi connectivity index (χ3v) is 3.58. The molecule has 0 unspecified atom stereocenters. The molecule has 3 rings (SSSR count). The molecule has 0 bridgehead atoms. The number of anilines is 1. The molecule has 0 saturated carbocycles. The molecule has 1 aromatic heterocycles. The molecule has 3 aromatic rings. The molecule has 7 heteroatoms. The van der Waals surface area contributed by atoms with Crippen molar-refractivity contribution >= 4 is 28.9 Å². The van der Waals surface area contributed by atoms with E-state index in [1.54, 1.807) is 23.1 Å². The fraction of sp³-hybridized carbons (Fsp3) is 0.0714. The van der Waals surface area contributed by atoms with Gasteiger partial charge in [-0.15, -0.1) is 5.10 Å². The van der Waals surface area contributed by atoms with Gasteiger partial charge in [-0.1, -0.05) is 35.3 Å². The van der Waals surface area contributed by atoms with Crippen LogP contribution in [0.1, 0.15) is 5.56 Å². The highest BCUT2D eigenvalue weighted by molar-refractivity contribution is 6.33. The Morgan fingerprint density at radius 3 is 2.76 bits per heavy atom. The summed E-state index contributed by atoms with van der Waals surface area (Å²) in [4.78, 5) is 0. The van der Waals surface area contributed by atoms with E-state index < -0.39 is 0 Å².